The zero-order chi connectivity index (χ0) is 74.8. The summed E-state index contributed by atoms with van der Waals surface area (Å²) in [5, 5.41) is 21.1. The lowest BCUT2D eigenvalue weighted by atomic mass is 10.0. The Bertz CT molecular complexity index is 2790. The van der Waals surface area contributed by atoms with Crippen LogP contribution in [0.4, 0.5) is 0 Å². The van der Waals surface area contributed by atoms with E-state index in [0.29, 0.717) is 12.7 Å². The summed E-state index contributed by atoms with van der Waals surface area (Å²) in [5.41, 5.74) is 106. The van der Waals surface area contributed by atoms with Crippen molar-refractivity contribution < 1.29 is 43.2 Å². The monoisotopic (exact) mass is 1410 g/mol. The van der Waals surface area contributed by atoms with Crippen molar-refractivity contribution in [3.8, 4) is 0 Å². The Morgan fingerprint density at radius 2 is 0.384 bits per heavy atom. The highest BCUT2D eigenvalue weighted by Crippen LogP contribution is 2.12. The van der Waals surface area contributed by atoms with E-state index >= 15 is 0 Å². The van der Waals surface area contributed by atoms with Gasteiger partial charge >= 0.3 is 0 Å². The molecule has 0 aliphatic carbocycles. The lowest BCUT2D eigenvalue weighted by molar-refractivity contribution is -0.136. The molecule has 0 fully saturated rings. The fourth-order valence-electron chi connectivity index (χ4n) is 8.95. The molecule has 0 saturated heterocycles. The third kappa shape index (κ3) is 45.0. The van der Waals surface area contributed by atoms with Gasteiger partial charge in [0.25, 0.3) is 0 Å². The number of aliphatic imine (C=N–C) groups is 9. The zero-order valence-corrected chi connectivity index (χ0v) is 56.0. The molecular weight excluding hydrogens is 1300 g/mol. The molecule has 0 aliphatic rings. The smallest absolute Gasteiger partial charge is 0.243 e. The minimum Gasteiger partial charge on any atom is -0.370 e. The molecule has 0 rings (SSSR count). The molecule has 0 aromatic heterocycles. The van der Waals surface area contributed by atoms with Gasteiger partial charge in [-0.1, -0.05) is 0 Å². The van der Waals surface area contributed by atoms with E-state index in [1.807, 2.05) is 0 Å². The van der Waals surface area contributed by atoms with Crippen molar-refractivity contribution >= 4 is 107 Å². The molecule has 46 N–H and O–H groups in total. The maximum Gasteiger partial charge on any atom is 0.243 e. The predicted molar refractivity (Wildman–Crippen MR) is 379 cm³/mol. The van der Waals surface area contributed by atoms with Crippen LogP contribution in [0.5, 0.6) is 0 Å². The number of nitrogens with two attached hydrogens (primary N) is 19. The third-order valence-electron chi connectivity index (χ3n) is 13.8. The highest BCUT2D eigenvalue weighted by molar-refractivity contribution is 5.98. The number of carbonyl (C=O) groups is 9. The van der Waals surface area contributed by atoms with Crippen molar-refractivity contribution in [2.45, 2.75) is 170 Å². The molecule has 8 amide bonds. The van der Waals surface area contributed by atoms with Crippen LogP contribution in [-0.2, 0) is 43.2 Å². The Hall–Kier alpha value is -11.2. The summed E-state index contributed by atoms with van der Waals surface area (Å²) < 4.78 is 0. The second-order valence-electron chi connectivity index (χ2n) is 22.3. The maximum absolute atomic E-state index is 14.8. The van der Waals surface area contributed by atoms with Crippen molar-refractivity contribution in [2.75, 3.05) is 58.9 Å². The molecule has 0 saturated carbocycles. The van der Waals surface area contributed by atoms with Crippen LogP contribution in [0.15, 0.2) is 44.9 Å². The van der Waals surface area contributed by atoms with E-state index in [1.54, 1.807) is 0 Å². The summed E-state index contributed by atoms with van der Waals surface area (Å²) in [7, 11) is 0. The Kier molecular flexibility index (Phi) is 45.4. The highest BCUT2D eigenvalue weighted by Gasteiger charge is 2.35. The summed E-state index contributed by atoms with van der Waals surface area (Å²) in [6, 6.07) is -12.4. The van der Waals surface area contributed by atoms with Gasteiger partial charge < -0.3 is 156 Å². The van der Waals surface area contributed by atoms with Gasteiger partial charge in [0.1, 0.15) is 48.6 Å². The molecule has 0 aliphatic heterocycles. The van der Waals surface area contributed by atoms with Gasteiger partial charge in [0.15, 0.2) is 53.6 Å². The summed E-state index contributed by atoms with van der Waals surface area (Å²) >= 11 is 0. The molecule has 0 radical (unpaired) electrons. The lowest BCUT2D eigenvalue weighted by Crippen LogP contribution is -2.60. The van der Waals surface area contributed by atoms with E-state index in [4.69, 9.17) is 109 Å². The minimum absolute atomic E-state index is 0.0220. The van der Waals surface area contributed by atoms with Crippen molar-refractivity contribution in [1.29, 1.82) is 0 Å². The van der Waals surface area contributed by atoms with Gasteiger partial charge in [-0.25, -0.2) is 0 Å². The van der Waals surface area contributed by atoms with Crippen molar-refractivity contribution in [2.24, 2.45) is 154 Å². The quantitative estimate of drug-likeness (QED) is 0.0116. The van der Waals surface area contributed by atoms with Gasteiger partial charge in [0.2, 0.25) is 47.3 Å². The van der Waals surface area contributed by atoms with Gasteiger partial charge in [-0.05, 0) is 116 Å². The number of carbonyl (C=O) groups excluding carboxylic acids is 9. The molecule has 0 aromatic rings. The average Bonchev–Trinajstić information content (AvgIpc) is 0.869. The van der Waals surface area contributed by atoms with Crippen molar-refractivity contribution in [3.63, 3.8) is 0 Å². The number of hydrogen-bond donors (Lipinski definition) is 27. The van der Waals surface area contributed by atoms with Crippen LogP contribution in [0.3, 0.4) is 0 Å². The standard InChI is InChI=1S/C54H110N36O9/c55-30(11-2-20-75-47(58)59)38(92)84-32(13-4-22-77-49(62)63)40(94)86-34(15-6-24-79-51(66)67)42(96)88-36(17-8-26-81-53(70)71)44(98)90-37(18-9-27-82-54(72)73)45(99)89-35(16-7-25-80-52(68)69)43(97)87-33(14-5-23-78-50(64)65)41(95)85-31(12-3-21-76-48(60)61)39(93)83-29(28-91)10-1-19-74-46(56)57/h28-37H,1-27,55H2,(H,83,93)(H,84,92)(H,85,95)(H,86,94)(H,87,97)(H,88,96)(H,89,99)(H,90,98)(H4,56,57,74)(H4,58,59,75)(H4,60,61,76)(H4,62,63,77)(H4,64,65,78)(H4,66,67,79)(H4,68,69,80)(H4,70,71,81)(H4,72,73,82)/t29-,30-,31-,32-,33-,34-,35-,36-,37-/m0/s1. The molecular formula is C54H110N36O9. The maximum atomic E-state index is 14.8. The number of amides is 8. The normalized spacial score (nSPS) is 13.3. The van der Waals surface area contributed by atoms with Crippen LogP contribution in [0.25, 0.3) is 0 Å². The molecule has 0 spiro atoms. The minimum atomic E-state index is -1.55. The lowest BCUT2D eigenvalue weighted by Gasteiger charge is -2.28. The molecule has 0 aromatic carbocycles. The molecule has 45 heteroatoms. The second kappa shape index (κ2) is 51.1. The van der Waals surface area contributed by atoms with Crippen LogP contribution in [-0.4, -0.2) is 220 Å². The SMILES string of the molecule is NC(N)=NCCC[C@@H](C=O)NC(=O)[C@H](CCCN=C(N)N)NC(=O)[C@H](CCCN=C(N)N)NC(=O)[C@H](CCCN=C(N)N)NC(=O)[C@H](CCCN=C(N)N)NC(=O)[C@H](CCCN=C(N)N)NC(=O)[C@H](CCCN=C(N)N)NC(=O)[C@H](CCCN=C(N)N)NC(=O)[C@@H](N)CCCN=C(N)N. The summed E-state index contributed by atoms with van der Waals surface area (Å²) in [5.74, 6) is -9.31. The molecule has 0 unspecified atom stereocenters. The first-order chi connectivity index (χ1) is 46.8. The number of aldehydes is 1. The second-order valence-corrected chi connectivity index (χ2v) is 22.3. The van der Waals surface area contributed by atoms with Gasteiger partial charge in [0.05, 0.1) is 12.1 Å². The van der Waals surface area contributed by atoms with Crippen LogP contribution in [0.2, 0.25) is 0 Å². The number of nitrogens with zero attached hydrogens (tertiary/aromatic N) is 9. The van der Waals surface area contributed by atoms with E-state index in [9.17, 15) is 43.2 Å². The van der Waals surface area contributed by atoms with Crippen LogP contribution in [0, 0.1) is 0 Å². The van der Waals surface area contributed by atoms with Crippen LogP contribution in [0.1, 0.15) is 116 Å². The third-order valence-corrected chi connectivity index (χ3v) is 13.8. The van der Waals surface area contributed by atoms with E-state index in [-0.39, 0.29) is 222 Å². The summed E-state index contributed by atoms with van der Waals surface area (Å²) in [4.78, 5) is 163. The Morgan fingerprint density at radius 3 is 0.556 bits per heavy atom. The molecule has 560 valence electrons. The Labute approximate surface area is 573 Å². The topological polar surface area (TPSA) is 855 Å². The fourth-order valence-corrected chi connectivity index (χ4v) is 8.95. The van der Waals surface area contributed by atoms with E-state index < -0.39 is 102 Å². The van der Waals surface area contributed by atoms with E-state index in [0.717, 1.165) is 0 Å². The zero-order valence-electron chi connectivity index (χ0n) is 56.0. The molecule has 0 heterocycles. The molecule has 45 nitrogen and oxygen atoms in total. The largest absolute Gasteiger partial charge is 0.370 e. The fraction of sp³-hybridized carbons (Fsp3) is 0.667. The first kappa shape index (κ1) is 87.8. The van der Waals surface area contributed by atoms with Gasteiger partial charge in [0, 0.05) is 58.9 Å². The number of hydrogen-bond acceptors (Lipinski definition) is 19. The van der Waals surface area contributed by atoms with Gasteiger partial charge in [-0.3, -0.25) is 83.3 Å². The Balaban J connectivity index is 7.71. The van der Waals surface area contributed by atoms with Crippen molar-refractivity contribution in [1.82, 2.24) is 42.5 Å². The summed E-state index contributed by atoms with van der Waals surface area (Å²) in [6.45, 7) is 0.157. The average molecular weight is 1410 g/mol. The van der Waals surface area contributed by atoms with Gasteiger partial charge in [-0.15, -0.1) is 0 Å². The van der Waals surface area contributed by atoms with E-state index in [2.05, 4.69) is 87.5 Å². The van der Waals surface area contributed by atoms with Gasteiger partial charge in [-0.2, -0.15) is 0 Å². The Morgan fingerprint density at radius 1 is 0.232 bits per heavy atom. The number of guanidine groups is 9. The molecule has 9 atom stereocenters. The summed E-state index contributed by atoms with van der Waals surface area (Å²) in [6.07, 6.45) is 0.803. The molecule has 0 bridgehead atoms. The number of nitrogens with one attached hydrogen (secondary N) is 8. The van der Waals surface area contributed by atoms with Crippen LogP contribution >= 0.6 is 0 Å². The first-order valence-electron chi connectivity index (χ1n) is 31.9. The molecule has 99 heavy (non-hydrogen) atoms. The van der Waals surface area contributed by atoms with Crippen LogP contribution < -0.4 is 151 Å². The van der Waals surface area contributed by atoms with Crippen molar-refractivity contribution in [3.05, 3.63) is 0 Å². The van der Waals surface area contributed by atoms with E-state index in [1.165, 1.54) is 0 Å². The first-order valence-corrected chi connectivity index (χ1v) is 31.9. The predicted octanol–water partition coefficient (Wildman–Crippen LogP) is -13.1. The highest BCUT2D eigenvalue weighted by atomic mass is 16.2. The number of rotatable bonds is 53.